The van der Waals surface area contributed by atoms with Crippen molar-refractivity contribution < 1.29 is 0 Å². The maximum Gasteiger partial charge on any atom is 0.115 e. The maximum atomic E-state index is 5.52. The average Bonchev–Trinajstić information content (AvgIpc) is 2.53. The van der Waals surface area contributed by atoms with Crippen molar-refractivity contribution in [3.63, 3.8) is 0 Å². The Labute approximate surface area is 77.8 Å². The van der Waals surface area contributed by atoms with Crippen LogP contribution >= 0.6 is 0 Å². The SMILES string of the molecule is [B]c1ccc(-c2ccn(C)n2)nc1. The Morgan fingerprint density at radius 1 is 1.23 bits per heavy atom. The molecule has 0 bridgehead atoms. The van der Waals surface area contributed by atoms with Crippen molar-refractivity contribution in [2.75, 3.05) is 0 Å². The summed E-state index contributed by atoms with van der Waals surface area (Å²) in [6, 6.07) is 5.59. The van der Waals surface area contributed by atoms with Crippen LogP contribution in [0.5, 0.6) is 0 Å². The Balaban J connectivity index is 2.41. The van der Waals surface area contributed by atoms with Crippen molar-refractivity contribution in [2.24, 2.45) is 7.05 Å². The number of aromatic nitrogens is 3. The molecule has 0 saturated carbocycles. The summed E-state index contributed by atoms with van der Waals surface area (Å²) >= 11 is 0. The van der Waals surface area contributed by atoms with Gasteiger partial charge < -0.3 is 0 Å². The van der Waals surface area contributed by atoms with Gasteiger partial charge in [0.25, 0.3) is 0 Å². The zero-order valence-corrected chi connectivity index (χ0v) is 7.31. The molecule has 2 aromatic rings. The standard InChI is InChI=1S/C9H8BN3/c1-13-5-4-9(12-13)8-3-2-7(10)6-11-8/h2-6H,1H3. The lowest BCUT2D eigenvalue weighted by molar-refractivity contribution is 0.770. The fourth-order valence-corrected chi connectivity index (χ4v) is 1.11. The Hall–Kier alpha value is -1.58. The minimum atomic E-state index is 0.666. The van der Waals surface area contributed by atoms with E-state index in [0.29, 0.717) is 5.46 Å². The lowest BCUT2D eigenvalue weighted by Gasteiger charge is -1.95. The largest absolute Gasteiger partial charge is 0.275 e. The predicted octanol–water partition coefficient (Wildman–Crippen LogP) is 0.276. The summed E-state index contributed by atoms with van der Waals surface area (Å²) in [6.07, 6.45) is 3.51. The number of aryl methyl sites for hydroxylation is 1. The van der Waals surface area contributed by atoms with Gasteiger partial charge in [-0.15, -0.1) is 0 Å². The normalized spacial score (nSPS) is 10.2. The molecule has 0 aliphatic rings. The van der Waals surface area contributed by atoms with Crippen molar-refractivity contribution in [3.05, 3.63) is 30.6 Å². The van der Waals surface area contributed by atoms with E-state index in [0.717, 1.165) is 11.4 Å². The van der Waals surface area contributed by atoms with Gasteiger partial charge in [0.05, 0.1) is 5.69 Å². The molecule has 0 aliphatic carbocycles. The van der Waals surface area contributed by atoms with Gasteiger partial charge in [-0.25, -0.2) is 0 Å². The summed E-state index contributed by atoms with van der Waals surface area (Å²) < 4.78 is 1.74. The van der Waals surface area contributed by atoms with Gasteiger partial charge in [-0.05, 0) is 12.1 Å². The quantitative estimate of drug-likeness (QED) is 0.574. The van der Waals surface area contributed by atoms with E-state index in [4.69, 9.17) is 7.85 Å². The smallest absolute Gasteiger partial charge is 0.115 e. The van der Waals surface area contributed by atoms with E-state index in [1.54, 1.807) is 10.9 Å². The molecule has 0 aliphatic heterocycles. The molecule has 0 fully saturated rings. The topological polar surface area (TPSA) is 30.7 Å². The minimum Gasteiger partial charge on any atom is -0.275 e. The first-order chi connectivity index (χ1) is 6.25. The third kappa shape index (κ3) is 1.61. The fourth-order valence-electron chi connectivity index (χ4n) is 1.11. The molecular formula is C9H8BN3. The Kier molecular flexibility index (Phi) is 1.89. The van der Waals surface area contributed by atoms with Gasteiger partial charge >= 0.3 is 0 Å². The van der Waals surface area contributed by atoms with Gasteiger partial charge in [-0.1, -0.05) is 11.5 Å². The number of nitrogens with zero attached hydrogens (tertiary/aromatic N) is 3. The van der Waals surface area contributed by atoms with Crippen LogP contribution in [-0.4, -0.2) is 22.6 Å². The van der Waals surface area contributed by atoms with Gasteiger partial charge in [-0.2, -0.15) is 5.10 Å². The first-order valence-corrected chi connectivity index (χ1v) is 3.97. The molecule has 0 aromatic carbocycles. The molecule has 0 atom stereocenters. The summed E-state index contributed by atoms with van der Waals surface area (Å²) in [7, 11) is 7.40. The van der Waals surface area contributed by atoms with Crippen LogP contribution in [0, 0.1) is 0 Å². The van der Waals surface area contributed by atoms with Crippen LogP contribution in [0.2, 0.25) is 0 Å². The molecule has 0 N–H and O–H groups in total. The average molecular weight is 169 g/mol. The molecule has 2 heterocycles. The highest BCUT2D eigenvalue weighted by Gasteiger charge is 2.00. The Morgan fingerprint density at radius 3 is 2.62 bits per heavy atom. The highest BCUT2D eigenvalue weighted by molar-refractivity contribution is 6.32. The predicted molar refractivity (Wildman–Crippen MR) is 51.8 cm³/mol. The van der Waals surface area contributed by atoms with Gasteiger partial charge in [0.15, 0.2) is 0 Å². The first kappa shape index (κ1) is 8.04. The molecule has 62 valence electrons. The van der Waals surface area contributed by atoms with E-state index in [2.05, 4.69) is 10.1 Å². The van der Waals surface area contributed by atoms with Crippen LogP contribution in [0.25, 0.3) is 11.4 Å². The number of hydrogen-bond acceptors (Lipinski definition) is 2. The molecular weight excluding hydrogens is 161 g/mol. The summed E-state index contributed by atoms with van der Waals surface area (Å²) in [5, 5.41) is 4.22. The third-order valence-corrected chi connectivity index (χ3v) is 1.76. The zero-order chi connectivity index (χ0) is 9.26. The summed E-state index contributed by atoms with van der Waals surface area (Å²) in [4.78, 5) is 4.16. The van der Waals surface area contributed by atoms with Crippen LogP contribution in [0.4, 0.5) is 0 Å². The van der Waals surface area contributed by atoms with E-state index >= 15 is 0 Å². The second kappa shape index (κ2) is 3.05. The molecule has 2 rings (SSSR count). The lowest BCUT2D eigenvalue weighted by atomic mass is 9.98. The molecule has 13 heavy (non-hydrogen) atoms. The van der Waals surface area contributed by atoms with Crippen LogP contribution in [0.15, 0.2) is 30.6 Å². The second-order valence-electron chi connectivity index (χ2n) is 2.85. The van der Waals surface area contributed by atoms with E-state index in [-0.39, 0.29) is 0 Å². The minimum absolute atomic E-state index is 0.666. The van der Waals surface area contributed by atoms with Crippen molar-refractivity contribution in [1.82, 2.24) is 14.8 Å². The van der Waals surface area contributed by atoms with Gasteiger partial charge in [0.2, 0.25) is 0 Å². The Morgan fingerprint density at radius 2 is 2.08 bits per heavy atom. The van der Waals surface area contributed by atoms with Crippen LogP contribution in [0.1, 0.15) is 0 Å². The van der Waals surface area contributed by atoms with Crippen LogP contribution in [0.3, 0.4) is 0 Å². The van der Waals surface area contributed by atoms with Gasteiger partial charge in [0, 0.05) is 19.4 Å². The maximum absolute atomic E-state index is 5.52. The molecule has 3 nitrogen and oxygen atoms in total. The van der Waals surface area contributed by atoms with Gasteiger partial charge in [-0.3, -0.25) is 9.67 Å². The monoisotopic (exact) mass is 169 g/mol. The van der Waals surface area contributed by atoms with Crippen molar-refractivity contribution in [2.45, 2.75) is 0 Å². The summed E-state index contributed by atoms with van der Waals surface area (Å²) in [5.74, 6) is 0. The summed E-state index contributed by atoms with van der Waals surface area (Å²) in [6.45, 7) is 0. The molecule has 0 saturated heterocycles. The number of hydrogen-bond donors (Lipinski definition) is 0. The molecule has 2 aromatic heterocycles. The third-order valence-electron chi connectivity index (χ3n) is 1.76. The van der Waals surface area contributed by atoms with Crippen molar-refractivity contribution in [3.8, 4) is 11.4 Å². The second-order valence-corrected chi connectivity index (χ2v) is 2.85. The highest BCUT2D eigenvalue weighted by Crippen LogP contribution is 2.11. The molecule has 4 heteroatoms. The molecule has 0 spiro atoms. The van der Waals surface area contributed by atoms with Crippen LogP contribution < -0.4 is 5.46 Å². The zero-order valence-electron chi connectivity index (χ0n) is 7.31. The van der Waals surface area contributed by atoms with E-state index in [9.17, 15) is 0 Å². The first-order valence-electron chi connectivity index (χ1n) is 3.97. The van der Waals surface area contributed by atoms with Crippen molar-refractivity contribution >= 4 is 13.3 Å². The fraction of sp³-hybridized carbons (Fsp3) is 0.111. The number of rotatable bonds is 1. The van der Waals surface area contributed by atoms with E-state index in [1.807, 2.05) is 31.4 Å². The molecule has 0 amide bonds. The molecule has 0 unspecified atom stereocenters. The van der Waals surface area contributed by atoms with Crippen molar-refractivity contribution in [1.29, 1.82) is 0 Å². The van der Waals surface area contributed by atoms with E-state index < -0.39 is 0 Å². The summed E-state index contributed by atoms with van der Waals surface area (Å²) in [5.41, 5.74) is 2.37. The number of pyridine rings is 1. The highest BCUT2D eigenvalue weighted by atomic mass is 15.2. The van der Waals surface area contributed by atoms with Crippen LogP contribution in [-0.2, 0) is 7.05 Å². The Bertz CT molecular complexity index is 405. The lowest BCUT2D eigenvalue weighted by Crippen LogP contribution is -2.02. The van der Waals surface area contributed by atoms with E-state index in [1.165, 1.54) is 0 Å². The van der Waals surface area contributed by atoms with Gasteiger partial charge in [0.1, 0.15) is 13.5 Å². The molecule has 2 radical (unpaired) electrons.